The summed E-state index contributed by atoms with van der Waals surface area (Å²) >= 11 is 0. The van der Waals surface area contributed by atoms with Gasteiger partial charge in [0.2, 0.25) is 5.82 Å². The van der Waals surface area contributed by atoms with Crippen molar-refractivity contribution in [2.75, 3.05) is 45.3 Å². The van der Waals surface area contributed by atoms with Crippen LogP contribution >= 0.6 is 0 Å². The van der Waals surface area contributed by atoms with Gasteiger partial charge < -0.3 is 23.8 Å². The van der Waals surface area contributed by atoms with E-state index in [2.05, 4.69) is 19.6 Å². The minimum atomic E-state index is -4.73. The number of hydrogen-bond acceptors (Lipinski definition) is 7. The first-order chi connectivity index (χ1) is 15.8. The van der Waals surface area contributed by atoms with E-state index in [0.29, 0.717) is 43.2 Å². The zero-order chi connectivity index (χ0) is 23.6. The van der Waals surface area contributed by atoms with E-state index in [-0.39, 0.29) is 17.3 Å². The third-order valence-corrected chi connectivity index (χ3v) is 5.33. The van der Waals surface area contributed by atoms with E-state index >= 15 is 0 Å². The van der Waals surface area contributed by atoms with Gasteiger partial charge in [-0.05, 0) is 24.3 Å². The van der Waals surface area contributed by atoms with E-state index in [4.69, 9.17) is 9.47 Å². The standard InChI is InChI=1S/C22H21F3N4O4/c1-31-16-6-7-17(18(13-16)32-2)28-8-10-29(11-9-28)20(30)15-5-3-4-14(12-15)19-26-21(33-27-19)22(23,24)25/h3-7,12-13H,8-11H2,1-2H3. The van der Waals surface area contributed by atoms with Crippen LogP contribution in [0.4, 0.5) is 18.9 Å². The summed E-state index contributed by atoms with van der Waals surface area (Å²) in [6.07, 6.45) is -4.73. The van der Waals surface area contributed by atoms with Gasteiger partial charge in [0.1, 0.15) is 11.5 Å². The van der Waals surface area contributed by atoms with Crippen LogP contribution in [0, 0.1) is 0 Å². The number of anilines is 1. The summed E-state index contributed by atoms with van der Waals surface area (Å²) in [6, 6.07) is 11.7. The number of carbonyl (C=O) groups excluding carboxylic acids is 1. The lowest BCUT2D eigenvalue weighted by Crippen LogP contribution is -2.48. The van der Waals surface area contributed by atoms with Crippen molar-refractivity contribution in [2.45, 2.75) is 6.18 Å². The van der Waals surface area contributed by atoms with Gasteiger partial charge in [0.25, 0.3) is 5.91 Å². The lowest BCUT2D eigenvalue weighted by Gasteiger charge is -2.36. The summed E-state index contributed by atoms with van der Waals surface area (Å²) in [5.41, 5.74) is 1.51. The number of methoxy groups -OCH3 is 2. The number of alkyl halides is 3. The molecular formula is C22H21F3N4O4. The molecule has 4 rings (SSSR count). The smallest absolute Gasteiger partial charge is 0.471 e. The van der Waals surface area contributed by atoms with Crippen LogP contribution in [0.1, 0.15) is 16.2 Å². The van der Waals surface area contributed by atoms with Gasteiger partial charge in [-0.15, -0.1) is 0 Å². The molecule has 1 aromatic heterocycles. The highest BCUT2D eigenvalue weighted by Crippen LogP contribution is 2.33. The summed E-state index contributed by atoms with van der Waals surface area (Å²) in [5.74, 6) is -0.515. The van der Waals surface area contributed by atoms with Crippen LogP contribution in [0.5, 0.6) is 11.5 Å². The van der Waals surface area contributed by atoms with E-state index in [0.717, 1.165) is 5.69 Å². The number of benzene rings is 2. The molecule has 0 spiro atoms. The number of carbonyl (C=O) groups is 1. The van der Waals surface area contributed by atoms with Gasteiger partial charge in [-0.3, -0.25) is 4.79 Å². The van der Waals surface area contributed by atoms with Crippen molar-refractivity contribution in [1.29, 1.82) is 0 Å². The zero-order valence-electron chi connectivity index (χ0n) is 17.9. The van der Waals surface area contributed by atoms with E-state index in [1.807, 2.05) is 12.1 Å². The first-order valence-electron chi connectivity index (χ1n) is 10.1. The minimum Gasteiger partial charge on any atom is -0.497 e. The van der Waals surface area contributed by atoms with Gasteiger partial charge in [0.15, 0.2) is 0 Å². The first kappa shape index (κ1) is 22.4. The molecule has 0 atom stereocenters. The number of ether oxygens (including phenoxy) is 2. The Bertz CT molecular complexity index is 1140. The summed E-state index contributed by atoms with van der Waals surface area (Å²) in [5, 5.41) is 3.38. The summed E-state index contributed by atoms with van der Waals surface area (Å²) in [6.45, 7) is 2.12. The maximum absolute atomic E-state index is 13.0. The number of halogens is 3. The average Bonchev–Trinajstić information content (AvgIpc) is 3.34. The molecule has 0 unspecified atom stereocenters. The van der Waals surface area contributed by atoms with Crippen LogP contribution in [0.2, 0.25) is 0 Å². The molecule has 1 fully saturated rings. The largest absolute Gasteiger partial charge is 0.497 e. The Morgan fingerprint density at radius 2 is 1.79 bits per heavy atom. The Morgan fingerprint density at radius 1 is 1.03 bits per heavy atom. The second kappa shape index (κ2) is 9.00. The van der Waals surface area contributed by atoms with Gasteiger partial charge in [0.05, 0.1) is 19.9 Å². The highest BCUT2D eigenvalue weighted by atomic mass is 19.4. The van der Waals surface area contributed by atoms with E-state index in [1.54, 1.807) is 37.3 Å². The van der Waals surface area contributed by atoms with Gasteiger partial charge in [0, 0.05) is 43.4 Å². The van der Waals surface area contributed by atoms with Crippen LogP contribution < -0.4 is 14.4 Å². The Balaban J connectivity index is 1.45. The van der Waals surface area contributed by atoms with Gasteiger partial charge in [-0.1, -0.05) is 17.3 Å². The van der Waals surface area contributed by atoms with Gasteiger partial charge >= 0.3 is 12.1 Å². The molecule has 0 radical (unpaired) electrons. The fourth-order valence-corrected chi connectivity index (χ4v) is 3.63. The number of hydrogen-bond donors (Lipinski definition) is 0. The minimum absolute atomic E-state index is 0.224. The molecule has 0 bridgehead atoms. The lowest BCUT2D eigenvalue weighted by atomic mass is 10.1. The molecular weight excluding hydrogens is 441 g/mol. The fourth-order valence-electron chi connectivity index (χ4n) is 3.63. The monoisotopic (exact) mass is 462 g/mol. The molecule has 0 saturated carbocycles. The van der Waals surface area contributed by atoms with E-state index < -0.39 is 12.1 Å². The summed E-state index contributed by atoms with van der Waals surface area (Å²) in [7, 11) is 3.17. The highest BCUT2D eigenvalue weighted by molar-refractivity contribution is 5.95. The molecule has 3 aromatic rings. The first-order valence-corrected chi connectivity index (χ1v) is 10.1. The number of aromatic nitrogens is 2. The van der Waals surface area contributed by atoms with Crippen molar-refractivity contribution in [1.82, 2.24) is 15.0 Å². The van der Waals surface area contributed by atoms with E-state index in [9.17, 15) is 18.0 Å². The maximum Gasteiger partial charge on any atom is 0.471 e. The summed E-state index contributed by atoms with van der Waals surface area (Å²) in [4.78, 5) is 20.2. The van der Waals surface area contributed by atoms with Gasteiger partial charge in [-0.25, -0.2) is 0 Å². The molecule has 2 aromatic carbocycles. The zero-order valence-corrected chi connectivity index (χ0v) is 17.9. The van der Waals surface area contributed by atoms with Crippen LogP contribution in [-0.2, 0) is 6.18 Å². The molecule has 1 aliphatic heterocycles. The lowest BCUT2D eigenvalue weighted by molar-refractivity contribution is -0.159. The molecule has 8 nitrogen and oxygen atoms in total. The second-order valence-corrected chi connectivity index (χ2v) is 7.32. The molecule has 1 amide bonds. The Hall–Kier alpha value is -3.76. The van der Waals surface area contributed by atoms with E-state index in [1.165, 1.54) is 12.1 Å². The third kappa shape index (κ3) is 4.71. The van der Waals surface area contributed by atoms with Crippen LogP contribution in [0.25, 0.3) is 11.4 Å². The van der Waals surface area contributed by atoms with Crippen molar-refractivity contribution in [3.8, 4) is 22.9 Å². The Morgan fingerprint density at radius 3 is 2.42 bits per heavy atom. The highest BCUT2D eigenvalue weighted by Gasteiger charge is 2.38. The predicted molar refractivity (Wildman–Crippen MR) is 112 cm³/mol. The number of amides is 1. The Labute approximate surface area is 187 Å². The van der Waals surface area contributed by atoms with Crippen LogP contribution in [0.3, 0.4) is 0 Å². The fraction of sp³-hybridized carbons (Fsp3) is 0.318. The number of nitrogens with zero attached hydrogens (tertiary/aromatic N) is 4. The van der Waals surface area contributed by atoms with Crippen molar-refractivity contribution < 1.29 is 32.0 Å². The normalized spacial score (nSPS) is 14.3. The second-order valence-electron chi connectivity index (χ2n) is 7.32. The molecule has 2 heterocycles. The molecule has 33 heavy (non-hydrogen) atoms. The molecule has 174 valence electrons. The Kier molecular flexibility index (Phi) is 6.12. The number of rotatable bonds is 5. The van der Waals surface area contributed by atoms with Crippen molar-refractivity contribution in [3.63, 3.8) is 0 Å². The average molecular weight is 462 g/mol. The van der Waals surface area contributed by atoms with Crippen molar-refractivity contribution in [3.05, 3.63) is 53.9 Å². The van der Waals surface area contributed by atoms with Gasteiger partial charge in [-0.2, -0.15) is 18.2 Å². The maximum atomic E-state index is 13.0. The molecule has 11 heteroatoms. The molecule has 0 aliphatic carbocycles. The predicted octanol–water partition coefficient (Wildman–Crippen LogP) is 3.74. The van der Waals surface area contributed by atoms with Crippen LogP contribution in [-0.4, -0.2) is 61.3 Å². The summed E-state index contributed by atoms with van der Waals surface area (Å²) < 4.78 is 53.2. The van der Waals surface area contributed by atoms with Crippen molar-refractivity contribution in [2.24, 2.45) is 0 Å². The molecule has 1 aliphatic rings. The van der Waals surface area contributed by atoms with Crippen molar-refractivity contribution >= 4 is 11.6 Å². The third-order valence-electron chi connectivity index (χ3n) is 5.33. The topological polar surface area (TPSA) is 80.9 Å². The number of piperazine rings is 1. The molecule has 1 saturated heterocycles. The SMILES string of the molecule is COc1ccc(N2CCN(C(=O)c3cccc(-c4noc(C(F)(F)F)n4)c3)CC2)c(OC)c1. The molecule has 0 N–H and O–H groups in total. The van der Waals surface area contributed by atoms with Crippen LogP contribution in [0.15, 0.2) is 47.0 Å². The quantitative estimate of drug-likeness (QED) is 0.572.